The second kappa shape index (κ2) is 8.01. The van der Waals surface area contributed by atoms with Crippen molar-refractivity contribution in [2.24, 2.45) is 0 Å². The highest BCUT2D eigenvalue weighted by atomic mass is 16.2. The second-order valence-electron chi connectivity index (χ2n) is 6.59. The number of carbonyl (C=O) groups is 2. The quantitative estimate of drug-likeness (QED) is 0.559. The zero-order chi connectivity index (χ0) is 18.5. The van der Waals surface area contributed by atoms with Gasteiger partial charge in [0.2, 0.25) is 0 Å². The van der Waals surface area contributed by atoms with Crippen LogP contribution in [0.1, 0.15) is 41.2 Å². The molecule has 2 aromatic rings. The number of rotatable bonds is 5. The number of anilines is 1. The van der Waals surface area contributed by atoms with Crippen LogP contribution in [0.25, 0.3) is 0 Å². The van der Waals surface area contributed by atoms with Crippen LogP contribution in [0, 0.1) is 0 Å². The monoisotopic (exact) mass is 356 g/mol. The van der Waals surface area contributed by atoms with Gasteiger partial charge in [0.15, 0.2) is 5.69 Å². The number of hydrogen-bond acceptors (Lipinski definition) is 4. The average Bonchev–Trinajstić information content (AvgIpc) is 3.04. The van der Waals surface area contributed by atoms with Crippen LogP contribution in [0.5, 0.6) is 0 Å². The fourth-order valence-electron chi connectivity index (χ4n) is 2.81. The third-order valence-corrected chi connectivity index (χ3v) is 4.11. The van der Waals surface area contributed by atoms with Gasteiger partial charge in [-0.1, -0.05) is 12.1 Å². The summed E-state index contributed by atoms with van der Waals surface area (Å²) in [6.07, 6.45) is 0.856. The zero-order valence-electron chi connectivity index (χ0n) is 15.0. The first kappa shape index (κ1) is 17.9. The molecule has 8 heteroatoms. The minimum absolute atomic E-state index is 0.0764. The first-order chi connectivity index (χ1) is 12.5. The van der Waals surface area contributed by atoms with Crippen molar-refractivity contribution in [1.82, 2.24) is 26.1 Å². The van der Waals surface area contributed by atoms with E-state index in [-0.39, 0.29) is 18.0 Å². The van der Waals surface area contributed by atoms with E-state index in [2.05, 4.69) is 31.5 Å². The predicted molar refractivity (Wildman–Crippen MR) is 98.9 cm³/mol. The van der Waals surface area contributed by atoms with Crippen molar-refractivity contribution in [2.45, 2.75) is 39.4 Å². The van der Waals surface area contributed by atoms with E-state index in [4.69, 9.17) is 0 Å². The Morgan fingerprint density at radius 2 is 2.00 bits per heavy atom. The Labute approximate surface area is 152 Å². The number of nitrogens with zero attached hydrogens (tertiary/aromatic N) is 1. The number of carbonyl (C=O) groups excluding carboxylic acids is 2. The largest absolute Gasteiger partial charge is 0.347 e. The average molecular weight is 356 g/mol. The molecule has 0 bridgehead atoms. The van der Waals surface area contributed by atoms with E-state index in [1.807, 2.05) is 38.1 Å². The SMILES string of the molecule is CC(C)NC(=O)Nc1ccc(CNC(=O)c2n[nH]c3c2CNCC3)cc1. The summed E-state index contributed by atoms with van der Waals surface area (Å²) in [7, 11) is 0. The normalized spacial score (nSPS) is 13.2. The van der Waals surface area contributed by atoms with Crippen molar-refractivity contribution in [1.29, 1.82) is 0 Å². The van der Waals surface area contributed by atoms with E-state index in [9.17, 15) is 9.59 Å². The number of hydrogen-bond donors (Lipinski definition) is 5. The highest BCUT2D eigenvalue weighted by Gasteiger charge is 2.21. The van der Waals surface area contributed by atoms with Crippen molar-refractivity contribution in [3.63, 3.8) is 0 Å². The van der Waals surface area contributed by atoms with Gasteiger partial charge in [0, 0.05) is 49.0 Å². The predicted octanol–water partition coefficient (Wildman–Crippen LogP) is 1.52. The number of urea groups is 1. The molecule has 0 radical (unpaired) electrons. The molecule has 3 rings (SSSR count). The van der Waals surface area contributed by atoms with Gasteiger partial charge in [-0.25, -0.2) is 4.79 Å². The van der Waals surface area contributed by atoms with Crippen molar-refractivity contribution in [3.05, 3.63) is 46.8 Å². The maximum Gasteiger partial charge on any atom is 0.319 e. The lowest BCUT2D eigenvalue weighted by Crippen LogP contribution is -2.34. The first-order valence-corrected chi connectivity index (χ1v) is 8.74. The van der Waals surface area contributed by atoms with Gasteiger partial charge in [0.05, 0.1) is 0 Å². The van der Waals surface area contributed by atoms with Crippen LogP contribution in [-0.2, 0) is 19.5 Å². The van der Waals surface area contributed by atoms with Crippen LogP contribution in [0.15, 0.2) is 24.3 Å². The van der Waals surface area contributed by atoms with Crippen molar-refractivity contribution in [3.8, 4) is 0 Å². The van der Waals surface area contributed by atoms with E-state index in [1.54, 1.807) is 0 Å². The van der Waals surface area contributed by atoms with Crippen molar-refractivity contribution < 1.29 is 9.59 Å². The minimum atomic E-state index is -0.238. The van der Waals surface area contributed by atoms with Crippen molar-refractivity contribution in [2.75, 3.05) is 11.9 Å². The number of benzene rings is 1. The molecule has 26 heavy (non-hydrogen) atoms. The van der Waals surface area contributed by atoms with Crippen molar-refractivity contribution >= 4 is 17.6 Å². The molecule has 0 fully saturated rings. The molecule has 0 saturated carbocycles. The Morgan fingerprint density at radius 3 is 2.73 bits per heavy atom. The lowest BCUT2D eigenvalue weighted by molar-refractivity contribution is 0.0944. The van der Waals surface area contributed by atoms with Gasteiger partial charge in [-0.2, -0.15) is 5.10 Å². The molecule has 3 amide bonds. The van der Waals surface area contributed by atoms with E-state index in [0.29, 0.717) is 24.5 Å². The fourth-order valence-corrected chi connectivity index (χ4v) is 2.81. The second-order valence-corrected chi connectivity index (χ2v) is 6.59. The molecular formula is C18H24N6O2. The molecule has 138 valence electrons. The summed E-state index contributed by atoms with van der Waals surface area (Å²) in [6, 6.07) is 7.19. The summed E-state index contributed by atoms with van der Waals surface area (Å²) in [6.45, 7) is 5.75. The first-order valence-electron chi connectivity index (χ1n) is 8.74. The molecule has 1 aliphatic heterocycles. The highest BCUT2D eigenvalue weighted by molar-refractivity contribution is 5.94. The van der Waals surface area contributed by atoms with Crippen LogP contribution >= 0.6 is 0 Å². The van der Waals surface area contributed by atoms with E-state index in [1.165, 1.54) is 0 Å². The summed E-state index contributed by atoms with van der Waals surface area (Å²) in [4.78, 5) is 24.1. The van der Waals surface area contributed by atoms with E-state index < -0.39 is 0 Å². The zero-order valence-corrected chi connectivity index (χ0v) is 15.0. The summed E-state index contributed by atoms with van der Waals surface area (Å²) < 4.78 is 0. The Bertz CT molecular complexity index is 781. The summed E-state index contributed by atoms with van der Waals surface area (Å²) in [5, 5.41) is 18.8. The fraction of sp³-hybridized carbons (Fsp3) is 0.389. The van der Waals surface area contributed by atoms with E-state index >= 15 is 0 Å². The Balaban J connectivity index is 1.54. The Hall–Kier alpha value is -2.87. The Morgan fingerprint density at radius 1 is 1.23 bits per heavy atom. The Kier molecular flexibility index (Phi) is 5.52. The topological polar surface area (TPSA) is 111 Å². The van der Waals surface area contributed by atoms with Crippen LogP contribution in [-0.4, -0.2) is 34.7 Å². The molecule has 0 unspecified atom stereocenters. The number of aromatic nitrogens is 2. The third-order valence-electron chi connectivity index (χ3n) is 4.11. The van der Waals surface area contributed by atoms with Gasteiger partial charge < -0.3 is 21.3 Å². The maximum atomic E-state index is 12.4. The number of aromatic amines is 1. The van der Waals surface area contributed by atoms with E-state index in [0.717, 1.165) is 29.8 Å². The summed E-state index contributed by atoms with van der Waals surface area (Å²) in [5.41, 5.74) is 4.07. The summed E-state index contributed by atoms with van der Waals surface area (Å²) in [5.74, 6) is -0.190. The van der Waals surface area contributed by atoms with Gasteiger partial charge in [0.25, 0.3) is 5.91 Å². The molecule has 5 N–H and O–H groups in total. The molecule has 2 heterocycles. The van der Waals surface area contributed by atoms with Gasteiger partial charge in [-0.05, 0) is 31.5 Å². The third kappa shape index (κ3) is 4.40. The van der Waals surface area contributed by atoms with Crippen LogP contribution < -0.4 is 21.3 Å². The number of amides is 3. The molecular weight excluding hydrogens is 332 g/mol. The van der Waals surface area contributed by atoms with Gasteiger partial charge >= 0.3 is 6.03 Å². The number of nitrogens with one attached hydrogen (secondary N) is 5. The van der Waals surface area contributed by atoms with Gasteiger partial charge in [-0.3, -0.25) is 9.89 Å². The number of H-pyrrole nitrogens is 1. The van der Waals surface area contributed by atoms with Crippen LogP contribution in [0.2, 0.25) is 0 Å². The van der Waals surface area contributed by atoms with Gasteiger partial charge in [0.1, 0.15) is 0 Å². The van der Waals surface area contributed by atoms with Crippen LogP contribution in [0.4, 0.5) is 10.5 Å². The highest BCUT2D eigenvalue weighted by Crippen LogP contribution is 2.15. The van der Waals surface area contributed by atoms with Crippen LogP contribution in [0.3, 0.4) is 0 Å². The molecule has 0 spiro atoms. The molecule has 1 aromatic carbocycles. The molecule has 0 aliphatic carbocycles. The number of fused-ring (bicyclic) bond motifs is 1. The molecule has 1 aliphatic rings. The molecule has 0 saturated heterocycles. The summed E-state index contributed by atoms with van der Waals surface area (Å²) >= 11 is 0. The maximum absolute atomic E-state index is 12.4. The van der Waals surface area contributed by atoms with Gasteiger partial charge in [-0.15, -0.1) is 0 Å². The molecule has 0 atom stereocenters. The smallest absolute Gasteiger partial charge is 0.319 e. The lowest BCUT2D eigenvalue weighted by Gasteiger charge is -2.13. The lowest BCUT2D eigenvalue weighted by atomic mass is 10.1. The minimum Gasteiger partial charge on any atom is -0.347 e. The molecule has 8 nitrogen and oxygen atoms in total. The molecule has 1 aromatic heterocycles. The standard InChI is InChI=1S/C18H24N6O2/c1-11(2)21-18(26)22-13-5-3-12(4-6-13)9-20-17(25)16-14-10-19-8-7-15(14)23-24-16/h3-6,11,19H,7-10H2,1-2H3,(H,20,25)(H,23,24)(H2,21,22,26).